The molecule has 0 N–H and O–H groups in total. The highest BCUT2D eigenvalue weighted by atomic mass is 16.6. The summed E-state index contributed by atoms with van der Waals surface area (Å²) >= 11 is 0. The number of pyridine rings is 1. The highest BCUT2D eigenvalue weighted by Crippen LogP contribution is 2.30. The van der Waals surface area contributed by atoms with E-state index in [2.05, 4.69) is 10.1 Å². The lowest BCUT2D eigenvalue weighted by atomic mass is 9.88. The summed E-state index contributed by atoms with van der Waals surface area (Å²) in [5, 5.41) is 15.3. The summed E-state index contributed by atoms with van der Waals surface area (Å²) in [4.78, 5) is 27.7. The van der Waals surface area contributed by atoms with Crippen molar-refractivity contribution in [2.75, 3.05) is 0 Å². The Balaban J connectivity index is 1.69. The largest absolute Gasteiger partial charge is 0.289 e. The number of carbonyl (C=O) groups is 1. The maximum Gasteiger partial charge on any atom is 0.269 e. The molecule has 0 aliphatic heterocycles. The van der Waals surface area contributed by atoms with Gasteiger partial charge >= 0.3 is 0 Å². The van der Waals surface area contributed by atoms with Gasteiger partial charge in [0.15, 0.2) is 11.6 Å². The summed E-state index contributed by atoms with van der Waals surface area (Å²) in [6, 6.07) is 11.8. The zero-order valence-corrected chi connectivity index (χ0v) is 14.6. The molecule has 1 aliphatic carbocycles. The molecule has 7 heteroatoms. The molecular formula is C20H16N4O3. The minimum Gasteiger partial charge on any atom is -0.289 e. The molecule has 1 aromatic carbocycles. The quantitative estimate of drug-likeness (QED) is 0.403. The Hall–Kier alpha value is -3.61. The second-order valence-electron chi connectivity index (χ2n) is 6.35. The van der Waals surface area contributed by atoms with Gasteiger partial charge in [-0.15, -0.1) is 0 Å². The van der Waals surface area contributed by atoms with Crippen molar-refractivity contribution in [3.05, 3.63) is 86.9 Å². The third-order valence-electron chi connectivity index (χ3n) is 4.62. The number of ketones is 1. The summed E-state index contributed by atoms with van der Waals surface area (Å²) in [7, 11) is 0. The van der Waals surface area contributed by atoms with Crippen LogP contribution in [0.15, 0.2) is 54.2 Å². The number of hydrogen-bond acceptors (Lipinski definition) is 5. The first kappa shape index (κ1) is 16.8. The molecule has 4 rings (SSSR count). The van der Waals surface area contributed by atoms with Crippen LogP contribution in [-0.2, 0) is 6.42 Å². The van der Waals surface area contributed by atoms with Gasteiger partial charge in [-0.2, -0.15) is 5.10 Å². The lowest BCUT2D eigenvalue weighted by Crippen LogP contribution is -2.16. The summed E-state index contributed by atoms with van der Waals surface area (Å²) in [5.74, 6) is 0.645. The Morgan fingerprint density at radius 2 is 1.93 bits per heavy atom. The first-order chi connectivity index (χ1) is 13.0. The van der Waals surface area contributed by atoms with Crippen LogP contribution in [0.4, 0.5) is 5.69 Å². The second kappa shape index (κ2) is 6.60. The standard InChI is InChI=1S/C20H16N4O3/c1-13-19-17(23(22-13)18-4-2-3-11-21-18)10-7-15(20(19)25)12-14-5-8-16(9-6-14)24(26)27/h2-6,8-9,11-12H,7,10H2,1H3/b15-12+. The molecule has 0 amide bonds. The van der Waals surface area contributed by atoms with E-state index >= 15 is 0 Å². The smallest absolute Gasteiger partial charge is 0.269 e. The van der Waals surface area contributed by atoms with Crippen LogP contribution in [0.25, 0.3) is 11.9 Å². The first-order valence-electron chi connectivity index (χ1n) is 8.54. The fourth-order valence-electron chi connectivity index (χ4n) is 3.33. The predicted octanol–water partition coefficient (Wildman–Crippen LogP) is 3.70. The number of allylic oxidation sites excluding steroid dienone is 1. The number of Topliss-reactive ketones (excluding diaryl/α,β-unsaturated/α-hetero) is 1. The van der Waals surface area contributed by atoms with Gasteiger partial charge in [0, 0.05) is 23.9 Å². The van der Waals surface area contributed by atoms with E-state index in [1.807, 2.05) is 25.1 Å². The molecule has 0 bridgehead atoms. The van der Waals surface area contributed by atoms with Crippen molar-refractivity contribution in [2.24, 2.45) is 0 Å². The van der Waals surface area contributed by atoms with E-state index in [1.54, 1.807) is 29.1 Å². The first-order valence-corrected chi connectivity index (χ1v) is 8.54. The monoisotopic (exact) mass is 360 g/mol. The Bertz CT molecular complexity index is 1070. The molecule has 27 heavy (non-hydrogen) atoms. The van der Waals surface area contributed by atoms with Crippen LogP contribution < -0.4 is 0 Å². The van der Waals surface area contributed by atoms with Crippen LogP contribution in [0.3, 0.4) is 0 Å². The van der Waals surface area contributed by atoms with E-state index in [0.717, 1.165) is 11.3 Å². The van der Waals surface area contributed by atoms with E-state index in [9.17, 15) is 14.9 Å². The SMILES string of the molecule is Cc1nn(-c2ccccn2)c2c1C(=O)/C(=C/c1ccc([N+](=O)[O-])cc1)CC2. The third kappa shape index (κ3) is 3.03. The van der Waals surface area contributed by atoms with Gasteiger partial charge in [0.2, 0.25) is 0 Å². The molecule has 0 unspecified atom stereocenters. The van der Waals surface area contributed by atoms with Crippen molar-refractivity contribution >= 4 is 17.5 Å². The van der Waals surface area contributed by atoms with Gasteiger partial charge in [0.25, 0.3) is 5.69 Å². The number of aromatic nitrogens is 3. The van der Waals surface area contributed by atoms with Gasteiger partial charge in [-0.1, -0.05) is 6.07 Å². The molecule has 2 heterocycles. The van der Waals surface area contributed by atoms with E-state index in [4.69, 9.17) is 0 Å². The van der Waals surface area contributed by atoms with Crippen LogP contribution in [0, 0.1) is 17.0 Å². The van der Waals surface area contributed by atoms with Gasteiger partial charge < -0.3 is 0 Å². The van der Waals surface area contributed by atoms with Gasteiger partial charge in [0.1, 0.15) is 0 Å². The molecule has 7 nitrogen and oxygen atoms in total. The normalized spacial score (nSPS) is 15.0. The fraction of sp³-hybridized carbons (Fsp3) is 0.150. The number of aryl methyl sites for hydroxylation is 1. The number of non-ortho nitro benzene ring substituents is 1. The number of carbonyl (C=O) groups excluding carboxylic acids is 1. The fourth-order valence-corrected chi connectivity index (χ4v) is 3.33. The highest BCUT2D eigenvalue weighted by Gasteiger charge is 2.29. The van der Waals surface area contributed by atoms with Crippen LogP contribution in [0.2, 0.25) is 0 Å². The third-order valence-corrected chi connectivity index (χ3v) is 4.62. The number of fused-ring (bicyclic) bond motifs is 1. The van der Waals surface area contributed by atoms with Gasteiger partial charge in [0.05, 0.1) is 21.9 Å². The van der Waals surface area contributed by atoms with E-state index in [0.29, 0.717) is 35.5 Å². The molecular weight excluding hydrogens is 344 g/mol. The highest BCUT2D eigenvalue weighted by molar-refractivity contribution is 6.13. The molecule has 3 aromatic rings. The number of nitro groups is 1. The molecule has 1 aliphatic rings. The van der Waals surface area contributed by atoms with E-state index in [1.165, 1.54) is 12.1 Å². The lowest BCUT2D eigenvalue weighted by Gasteiger charge is -2.16. The summed E-state index contributed by atoms with van der Waals surface area (Å²) < 4.78 is 1.74. The minimum atomic E-state index is -0.440. The lowest BCUT2D eigenvalue weighted by molar-refractivity contribution is -0.384. The molecule has 0 saturated heterocycles. The van der Waals surface area contributed by atoms with Crippen LogP contribution in [-0.4, -0.2) is 25.5 Å². The maximum absolute atomic E-state index is 13.0. The van der Waals surface area contributed by atoms with Crippen molar-refractivity contribution in [2.45, 2.75) is 19.8 Å². The Kier molecular flexibility index (Phi) is 4.12. The van der Waals surface area contributed by atoms with E-state index in [-0.39, 0.29) is 11.5 Å². The average Bonchev–Trinajstić information content (AvgIpc) is 3.02. The number of rotatable bonds is 3. The van der Waals surface area contributed by atoms with Crippen LogP contribution in [0.5, 0.6) is 0 Å². The number of nitro benzene ring substituents is 1. The number of nitrogens with zero attached hydrogens (tertiary/aromatic N) is 4. The average molecular weight is 360 g/mol. The summed E-state index contributed by atoms with van der Waals surface area (Å²) in [5.41, 5.74) is 3.65. The van der Waals surface area contributed by atoms with Crippen molar-refractivity contribution < 1.29 is 9.72 Å². The molecule has 0 spiro atoms. The van der Waals surface area contributed by atoms with Crippen molar-refractivity contribution in [3.8, 4) is 5.82 Å². The second-order valence-corrected chi connectivity index (χ2v) is 6.35. The summed E-state index contributed by atoms with van der Waals surface area (Å²) in [6.07, 6.45) is 4.76. The number of benzene rings is 1. The van der Waals surface area contributed by atoms with Crippen LogP contribution in [0.1, 0.15) is 33.7 Å². The maximum atomic E-state index is 13.0. The molecule has 0 atom stereocenters. The van der Waals surface area contributed by atoms with Gasteiger partial charge in [-0.3, -0.25) is 14.9 Å². The zero-order valence-electron chi connectivity index (χ0n) is 14.6. The predicted molar refractivity (Wildman–Crippen MR) is 99.8 cm³/mol. The molecule has 0 fully saturated rings. The molecule has 0 saturated carbocycles. The van der Waals surface area contributed by atoms with Gasteiger partial charge in [-0.05, 0) is 55.7 Å². The topological polar surface area (TPSA) is 90.9 Å². The van der Waals surface area contributed by atoms with Crippen molar-refractivity contribution in [1.82, 2.24) is 14.8 Å². The molecule has 2 aromatic heterocycles. The van der Waals surface area contributed by atoms with Gasteiger partial charge in [-0.25, -0.2) is 9.67 Å². The molecule has 134 valence electrons. The van der Waals surface area contributed by atoms with Crippen LogP contribution >= 0.6 is 0 Å². The Labute approximate surface area is 155 Å². The Morgan fingerprint density at radius 1 is 1.15 bits per heavy atom. The van der Waals surface area contributed by atoms with Crippen molar-refractivity contribution in [1.29, 1.82) is 0 Å². The zero-order chi connectivity index (χ0) is 19.0. The van der Waals surface area contributed by atoms with Crippen molar-refractivity contribution in [3.63, 3.8) is 0 Å². The summed E-state index contributed by atoms with van der Waals surface area (Å²) in [6.45, 7) is 1.82. The van der Waals surface area contributed by atoms with E-state index < -0.39 is 4.92 Å². The number of hydrogen-bond donors (Lipinski definition) is 0. The Morgan fingerprint density at radius 3 is 2.59 bits per heavy atom. The molecule has 0 radical (unpaired) electrons. The minimum absolute atomic E-state index is 0.0295.